The lowest BCUT2D eigenvalue weighted by molar-refractivity contribution is -0.145. The molecule has 1 aromatic carbocycles. The summed E-state index contributed by atoms with van der Waals surface area (Å²) in [5.74, 6) is -0.576. The van der Waals surface area contributed by atoms with Gasteiger partial charge in [0.15, 0.2) is 0 Å². The van der Waals surface area contributed by atoms with Gasteiger partial charge in [0.2, 0.25) is 0 Å². The van der Waals surface area contributed by atoms with Gasteiger partial charge in [-0.3, -0.25) is 4.90 Å². The Morgan fingerprint density at radius 1 is 1.27 bits per heavy atom. The number of rotatable bonds is 5. The van der Waals surface area contributed by atoms with Crippen molar-refractivity contribution in [1.29, 1.82) is 0 Å². The minimum atomic E-state index is -0.866. The monoisotopic (exact) mass is 418 g/mol. The van der Waals surface area contributed by atoms with Gasteiger partial charge in [0, 0.05) is 20.0 Å². The quantitative estimate of drug-likeness (QED) is 0.538. The normalized spacial score (nSPS) is 18.5. The maximum atomic E-state index is 12.6. The minimum absolute atomic E-state index is 0.0531. The molecule has 1 fully saturated rings. The molecule has 0 aromatic heterocycles. The molecule has 1 aliphatic rings. The number of benzene rings is 1. The van der Waals surface area contributed by atoms with Gasteiger partial charge in [-0.25, -0.2) is 14.4 Å². The first kappa shape index (κ1) is 23.3. The highest BCUT2D eigenvalue weighted by Crippen LogP contribution is 2.25. The standard InChI is InChI=1S/C22H30N2O6/c1-7-15-10-8-9-11-16(15)13-23(5)20(26)29-17-12-18(19(25)28-6)24(14-17)21(27)30-22(2,3)4/h7-11,17-18H,1,12-14H2,2-6H3/t17-,18+/m1/s1. The lowest BCUT2D eigenvalue weighted by Crippen LogP contribution is -2.44. The van der Waals surface area contributed by atoms with Gasteiger partial charge >= 0.3 is 18.2 Å². The number of carbonyl (C=O) groups excluding carboxylic acids is 3. The zero-order valence-electron chi connectivity index (χ0n) is 18.2. The molecule has 0 unspecified atom stereocenters. The fourth-order valence-electron chi connectivity index (χ4n) is 3.19. The first-order chi connectivity index (χ1) is 14.1. The zero-order valence-corrected chi connectivity index (χ0v) is 18.2. The van der Waals surface area contributed by atoms with Crippen molar-refractivity contribution in [2.75, 3.05) is 20.7 Å². The number of hydrogen-bond acceptors (Lipinski definition) is 6. The fraction of sp³-hybridized carbons (Fsp3) is 0.500. The van der Waals surface area contributed by atoms with Crippen LogP contribution in [-0.2, 0) is 25.5 Å². The first-order valence-electron chi connectivity index (χ1n) is 9.75. The first-order valence-corrected chi connectivity index (χ1v) is 9.75. The maximum absolute atomic E-state index is 12.6. The van der Waals surface area contributed by atoms with Crippen molar-refractivity contribution >= 4 is 24.2 Å². The largest absolute Gasteiger partial charge is 0.467 e. The van der Waals surface area contributed by atoms with Crippen LogP contribution >= 0.6 is 0 Å². The third kappa shape index (κ3) is 5.98. The van der Waals surface area contributed by atoms with E-state index in [9.17, 15) is 14.4 Å². The average Bonchev–Trinajstić information content (AvgIpc) is 3.10. The van der Waals surface area contributed by atoms with Crippen molar-refractivity contribution in [3.05, 3.63) is 42.0 Å². The Bertz CT molecular complexity index is 801. The third-order valence-electron chi connectivity index (χ3n) is 4.63. The van der Waals surface area contributed by atoms with Crippen molar-refractivity contribution in [2.24, 2.45) is 0 Å². The van der Waals surface area contributed by atoms with E-state index >= 15 is 0 Å². The highest BCUT2D eigenvalue weighted by molar-refractivity contribution is 5.82. The molecule has 0 radical (unpaired) electrons. The Kier molecular flexibility index (Phi) is 7.48. The molecule has 2 amide bonds. The molecule has 1 saturated heterocycles. The van der Waals surface area contributed by atoms with Gasteiger partial charge in [-0.2, -0.15) is 0 Å². The topological polar surface area (TPSA) is 85.4 Å². The Morgan fingerprint density at radius 2 is 1.93 bits per heavy atom. The van der Waals surface area contributed by atoms with Crippen LogP contribution < -0.4 is 0 Å². The SMILES string of the molecule is C=Cc1ccccc1CN(C)C(=O)O[C@@H]1C[C@@H](C(=O)OC)N(C(=O)OC(C)(C)C)C1. The lowest BCUT2D eigenvalue weighted by atomic mass is 10.1. The Morgan fingerprint density at radius 3 is 2.53 bits per heavy atom. The van der Waals surface area contributed by atoms with E-state index in [1.54, 1.807) is 33.9 Å². The molecule has 164 valence electrons. The van der Waals surface area contributed by atoms with Crippen LogP contribution in [0.15, 0.2) is 30.8 Å². The van der Waals surface area contributed by atoms with Gasteiger partial charge in [-0.05, 0) is 31.9 Å². The summed E-state index contributed by atoms with van der Waals surface area (Å²) in [6.07, 6.45) is 0.0318. The van der Waals surface area contributed by atoms with Crippen LogP contribution in [-0.4, -0.2) is 66.4 Å². The Hall–Kier alpha value is -3.03. The van der Waals surface area contributed by atoms with Crippen molar-refractivity contribution in [3.8, 4) is 0 Å². The molecular weight excluding hydrogens is 388 g/mol. The van der Waals surface area contributed by atoms with Crippen LogP contribution in [0.1, 0.15) is 38.3 Å². The van der Waals surface area contributed by atoms with E-state index in [0.717, 1.165) is 11.1 Å². The summed E-state index contributed by atoms with van der Waals surface area (Å²) in [4.78, 5) is 39.9. The minimum Gasteiger partial charge on any atom is -0.467 e. The summed E-state index contributed by atoms with van der Waals surface area (Å²) in [6.45, 7) is 9.39. The molecule has 30 heavy (non-hydrogen) atoms. The lowest BCUT2D eigenvalue weighted by Gasteiger charge is -2.27. The molecule has 0 spiro atoms. The van der Waals surface area contributed by atoms with E-state index in [-0.39, 0.29) is 13.0 Å². The van der Waals surface area contributed by atoms with Crippen molar-refractivity contribution < 1.29 is 28.6 Å². The number of likely N-dealkylation sites (tertiary alicyclic amines) is 1. The van der Waals surface area contributed by atoms with Crippen LogP contribution in [0.4, 0.5) is 9.59 Å². The molecule has 0 saturated carbocycles. The van der Waals surface area contributed by atoms with Crippen LogP contribution in [0.25, 0.3) is 6.08 Å². The van der Waals surface area contributed by atoms with Gasteiger partial charge in [0.25, 0.3) is 0 Å². The second-order valence-corrected chi connectivity index (χ2v) is 8.17. The smallest absolute Gasteiger partial charge is 0.411 e. The number of methoxy groups -OCH3 is 1. The number of esters is 1. The van der Waals surface area contributed by atoms with Gasteiger partial charge < -0.3 is 19.1 Å². The predicted molar refractivity (Wildman–Crippen MR) is 112 cm³/mol. The molecule has 8 nitrogen and oxygen atoms in total. The van der Waals surface area contributed by atoms with E-state index in [2.05, 4.69) is 6.58 Å². The summed E-state index contributed by atoms with van der Waals surface area (Å²) < 4.78 is 15.7. The van der Waals surface area contributed by atoms with Crippen LogP contribution in [0, 0.1) is 0 Å². The summed E-state index contributed by atoms with van der Waals surface area (Å²) in [5.41, 5.74) is 1.15. The summed E-state index contributed by atoms with van der Waals surface area (Å²) in [7, 11) is 2.88. The molecule has 1 heterocycles. The van der Waals surface area contributed by atoms with Crippen molar-refractivity contribution in [1.82, 2.24) is 9.80 Å². The molecule has 0 N–H and O–H groups in total. The molecule has 0 bridgehead atoms. The van der Waals surface area contributed by atoms with E-state index < -0.39 is 35.9 Å². The summed E-state index contributed by atoms with van der Waals surface area (Å²) in [5, 5.41) is 0. The summed E-state index contributed by atoms with van der Waals surface area (Å²) in [6, 6.07) is 6.74. The van der Waals surface area contributed by atoms with E-state index in [1.807, 2.05) is 24.3 Å². The number of carbonyl (C=O) groups is 3. The molecule has 1 aliphatic heterocycles. The van der Waals surface area contributed by atoms with Crippen LogP contribution in [0.3, 0.4) is 0 Å². The Balaban J connectivity index is 2.04. The van der Waals surface area contributed by atoms with Crippen molar-refractivity contribution in [2.45, 2.75) is 51.5 Å². The van der Waals surface area contributed by atoms with Crippen molar-refractivity contribution in [3.63, 3.8) is 0 Å². The van der Waals surface area contributed by atoms with Gasteiger partial charge in [-0.15, -0.1) is 0 Å². The predicted octanol–water partition coefficient (Wildman–Crippen LogP) is 3.45. The molecular formula is C22H30N2O6. The second-order valence-electron chi connectivity index (χ2n) is 8.17. The Labute approximate surface area is 177 Å². The van der Waals surface area contributed by atoms with Crippen LogP contribution in [0.5, 0.6) is 0 Å². The van der Waals surface area contributed by atoms with E-state index in [1.165, 1.54) is 16.9 Å². The number of ether oxygens (including phenoxy) is 3. The maximum Gasteiger partial charge on any atom is 0.411 e. The molecule has 0 aliphatic carbocycles. The van der Waals surface area contributed by atoms with E-state index in [4.69, 9.17) is 14.2 Å². The highest BCUT2D eigenvalue weighted by Gasteiger charge is 2.44. The van der Waals surface area contributed by atoms with Gasteiger partial charge in [0.05, 0.1) is 13.7 Å². The molecule has 2 rings (SSSR count). The average molecular weight is 418 g/mol. The van der Waals surface area contributed by atoms with E-state index in [0.29, 0.717) is 6.54 Å². The number of amides is 2. The third-order valence-corrected chi connectivity index (χ3v) is 4.63. The number of hydrogen-bond donors (Lipinski definition) is 0. The number of nitrogens with zero attached hydrogens (tertiary/aromatic N) is 2. The van der Waals surface area contributed by atoms with Gasteiger partial charge in [-0.1, -0.05) is 36.9 Å². The van der Waals surface area contributed by atoms with Crippen LogP contribution in [0.2, 0.25) is 0 Å². The second kappa shape index (κ2) is 9.65. The molecule has 8 heteroatoms. The molecule has 2 atom stereocenters. The summed E-state index contributed by atoms with van der Waals surface area (Å²) >= 11 is 0. The fourth-order valence-corrected chi connectivity index (χ4v) is 3.19. The zero-order chi connectivity index (χ0) is 22.5. The van der Waals surface area contributed by atoms with Gasteiger partial charge in [0.1, 0.15) is 17.7 Å². The highest BCUT2D eigenvalue weighted by atomic mass is 16.6. The molecule has 1 aromatic rings.